The van der Waals surface area contributed by atoms with Crippen LogP contribution in [-0.4, -0.2) is 60.7 Å². The van der Waals surface area contributed by atoms with Crippen LogP contribution in [0.2, 0.25) is 0 Å². The van der Waals surface area contributed by atoms with Gasteiger partial charge in [0.25, 0.3) is 0 Å². The maximum absolute atomic E-state index is 11.2. The minimum absolute atomic E-state index is 0.0896. The zero-order valence-corrected chi connectivity index (χ0v) is 13.6. The van der Waals surface area contributed by atoms with Crippen LogP contribution in [0, 0.1) is 11.8 Å². The Bertz CT molecular complexity index is 344. The highest BCUT2D eigenvalue weighted by molar-refractivity contribution is 4.99. The van der Waals surface area contributed by atoms with Crippen molar-refractivity contribution in [1.82, 2.24) is 4.90 Å². The van der Waals surface area contributed by atoms with Gasteiger partial charge in [0, 0.05) is 39.3 Å². The number of ether oxygens (including phenoxy) is 2. The summed E-state index contributed by atoms with van der Waals surface area (Å²) in [6.07, 6.45) is 4.82. The molecule has 4 nitrogen and oxygen atoms in total. The molecule has 3 aliphatic rings. The number of hydrogen-bond donors (Lipinski definition) is 1. The summed E-state index contributed by atoms with van der Waals surface area (Å²) in [4.78, 5) is 2.51. The van der Waals surface area contributed by atoms with Gasteiger partial charge in [0.1, 0.15) is 0 Å². The van der Waals surface area contributed by atoms with E-state index in [0.29, 0.717) is 11.8 Å². The first kappa shape index (κ1) is 15.7. The Morgan fingerprint density at radius 3 is 2.57 bits per heavy atom. The lowest BCUT2D eigenvalue weighted by Crippen LogP contribution is -2.54. The van der Waals surface area contributed by atoms with Gasteiger partial charge < -0.3 is 19.5 Å². The predicted octanol–water partition coefficient (Wildman–Crippen LogP) is 2.05. The van der Waals surface area contributed by atoms with Crippen LogP contribution in [0.1, 0.15) is 46.0 Å². The van der Waals surface area contributed by atoms with Crippen molar-refractivity contribution < 1.29 is 14.6 Å². The highest BCUT2D eigenvalue weighted by Gasteiger charge is 2.48. The van der Waals surface area contributed by atoms with E-state index in [4.69, 9.17) is 9.47 Å². The van der Waals surface area contributed by atoms with Gasteiger partial charge in [-0.05, 0) is 37.5 Å². The molecule has 2 atom stereocenters. The Morgan fingerprint density at radius 2 is 1.95 bits per heavy atom. The fourth-order valence-electron chi connectivity index (χ4n) is 4.40. The molecule has 3 fully saturated rings. The third kappa shape index (κ3) is 3.44. The van der Waals surface area contributed by atoms with E-state index in [0.717, 1.165) is 71.6 Å². The van der Waals surface area contributed by atoms with Gasteiger partial charge in [0.2, 0.25) is 0 Å². The fourth-order valence-corrected chi connectivity index (χ4v) is 4.40. The molecule has 2 unspecified atom stereocenters. The summed E-state index contributed by atoms with van der Waals surface area (Å²) < 4.78 is 11.6. The normalized spacial score (nSPS) is 37.4. The highest BCUT2D eigenvalue weighted by atomic mass is 16.6. The summed E-state index contributed by atoms with van der Waals surface area (Å²) in [5, 5.41) is 11.2. The van der Waals surface area contributed by atoms with E-state index in [9.17, 15) is 5.11 Å². The van der Waals surface area contributed by atoms with Crippen LogP contribution in [0.3, 0.4) is 0 Å². The zero-order valence-electron chi connectivity index (χ0n) is 13.6. The van der Waals surface area contributed by atoms with Gasteiger partial charge in [0.15, 0.2) is 0 Å². The molecule has 4 heteroatoms. The molecule has 0 aliphatic carbocycles. The smallest absolute Gasteiger partial charge is 0.0940 e. The second-order valence-corrected chi connectivity index (χ2v) is 7.82. The molecule has 0 bridgehead atoms. The van der Waals surface area contributed by atoms with Gasteiger partial charge in [-0.25, -0.2) is 0 Å². The van der Waals surface area contributed by atoms with Crippen molar-refractivity contribution >= 4 is 0 Å². The van der Waals surface area contributed by atoms with Crippen molar-refractivity contribution in [2.45, 2.75) is 57.2 Å². The quantitative estimate of drug-likeness (QED) is 0.866. The van der Waals surface area contributed by atoms with Crippen LogP contribution in [0.5, 0.6) is 0 Å². The lowest BCUT2D eigenvalue weighted by atomic mass is 9.71. The number of aliphatic hydroxyl groups is 1. The topological polar surface area (TPSA) is 41.9 Å². The molecule has 1 N–H and O–H groups in total. The molecule has 0 amide bonds. The molecule has 3 aliphatic heterocycles. The van der Waals surface area contributed by atoms with E-state index in [1.165, 1.54) is 0 Å². The Kier molecular flexibility index (Phi) is 4.60. The third-order valence-corrected chi connectivity index (χ3v) is 5.67. The lowest BCUT2D eigenvalue weighted by molar-refractivity contribution is -0.155. The van der Waals surface area contributed by atoms with E-state index in [-0.39, 0.29) is 5.60 Å². The molecule has 1 spiro atoms. The summed E-state index contributed by atoms with van der Waals surface area (Å²) >= 11 is 0. The molecule has 3 saturated heterocycles. The second kappa shape index (κ2) is 6.15. The van der Waals surface area contributed by atoms with Crippen LogP contribution in [0.15, 0.2) is 0 Å². The van der Waals surface area contributed by atoms with Crippen molar-refractivity contribution in [3.8, 4) is 0 Å². The lowest BCUT2D eigenvalue weighted by Gasteiger charge is -2.48. The molecule has 3 heterocycles. The Balaban J connectivity index is 1.58. The summed E-state index contributed by atoms with van der Waals surface area (Å²) in [6.45, 7) is 10.1. The molecular formula is C17H31NO3. The minimum atomic E-state index is -0.479. The minimum Gasteiger partial charge on any atom is -0.389 e. The number of likely N-dealkylation sites (tertiary alicyclic amines) is 1. The number of piperidine rings is 1. The zero-order chi connectivity index (χ0) is 14.9. The highest BCUT2D eigenvalue weighted by Crippen LogP contribution is 2.43. The molecular weight excluding hydrogens is 266 g/mol. The number of hydrogen-bond acceptors (Lipinski definition) is 4. The van der Waals surface area contributed by atoms with E-state index >= 15 is 0 Å². The van der Waals surface area contributed by atoms with Crippen LogP contribution in [0.25, 0.3) is 0 Å². The SMILES string of the molecule is CC(C)CN1CCC(O)(C2CCOC3(CCOC3)C2)CC1. The van der Waals surface area contributed by atoms with Crippen LogP contribution >= 0.6 is 0 Å². The Morgan fingerprint density at radius 1 is 1.19 bits per heavy atom. The summed E-state index contributed by atoms with van der Waals surface area (Å²) in [5.41, 5.74) is -0.569. The van der Waals surface area contributed by atoms with Crippen LogP contribution in [-0.2, 0) is 9.47 Å². The van der Waals surface area contributed by atoms with Crippen molar-refractivity contribution in [2.24, 2.45) is 11.8 Å². The molecule has 3 rings (SSSR count). The van der Waals surface area contributed by atoms with Crippen molar-refractivity contribution in [2.75, 3.05) is 39.5 Å². The Hall–Kier alpha value is -0.160. The molecule has 122 valence electrons. The maximum Gasteiger partial charge on any atom is 0.0940 e. The first-order valence-electron chi connectivity index (χ1n) is 8.68. The van der Waals surface area contributed by atoms with Crippen molar-refractivity contribution in [3.63, 3.8) is 0 Å². The molecule has 21 heavy (non-hydrogen) atoms. The predicted molar refractivity (Wildman–Crippen MR) is 82.3 cm³/mol. The first-order valence-corrected chi connectivity index (χ1v) is 8.68. The summed E-state index contributed by atoms with van der Waals surface area (Å²) in [6, 6.07) is 0. The first-order chi connectivity index (χ1) is 10.0. The van der Waals surface area contributed by atoms with Gasteiger partial charge in [-0.15, -0.1) is 0 Å². The van der Waals surface area contributed by atoms with Crippen LogP contribution in [0.4, 0.5) is 0 Å². The molecule has 0 saturated carbocycles. The largest absolute Gasteiger partial charge is 0.389 e. The molecule has 0 radical (unpaired) electrons. The maximum atomic E-state index is 11.2. The number of nitrogens with zero attached hydrogens (tertiary/aromatic N) is 1. The summed E-state index contributed by atoms with van der Waals surface area (Å²) in [7, 11) is 0. The average Bonchev–Trinajstić information content (AvgIpc) is 2.89. The molecule has 0 aromatic rings. The third-order valence-electron chi connectivity index (χ3n) is 5.67. The monoisotopic (exact) mass is 297 g/mol. The van der Waals surface area contributed by atoms with Crippen molar-refractivity contribution in [3.05, 3.63) is 0 Å². The van der Waals surface area contributed by atoms with Gasteiger partial charge in [-0.1, -0.05) is 13.8 Å². The van der Waals surface area contributed by atoms with Gasteiger partial charge in [-0.2, -0.15) is 0 Å². The second-order valence-electron chi connectivity index (χ2n) is 7.82. The molecule has 0 aromatic heterocycles. The fraction of sp³-hybridized carbons (Fsp3) is 1.00. The van der Waals surface area contributed by atoms with E-state index in [1.807, 2.05) is 0 Å². The van der Waals surface area contributed by atoms with Gasteiger partial charge >= 0.3 is 0 Å². The van der Waals surface area contributed by atoms with Gasteiger partial charge in [0.05, 0.1) is 17.8 Å². The summed E-state index contributed by atoms with van der Waals surface area (Å²) in [5.74, 6) is 1.09. The Labute approximate surface area is 128 Å². The van der Waals surface area contributed by atoms with E-state index in [1.54, 1.807) is 0 Å². The van der Waals surface area contributed by atoms with E-state index < -0.39 is 5.60 Å². The van der Waals surface area contributed by atoms with Crippen LogP contribution < -0.4 is 0 Å². The average molecular weight is 297 g/mol. The number of rotatable bonds is 3. The van der Waals surface area contributed by atoms with Gasteiger partial charge in [-0.3, -0.25) is 0 Å². The standard InChI is InChI=1S/C17H31NO3/c1-14(2)12-18-7-4-17(19,5-8-18)15-3-9-21-16(11-15)6-10-20-13-16/h14-15,19H,3-13H2,1-2H3. The van der Waals surface area contributed by atoms with E-state index in [2.05, 4.69) is 18.7 Å². The van der Waals surface area contributed by atoms with Crippen molar-refractivity contribution in [1.29, 1.82) is 0 Å². The molecule has 0 aromatic carbocycles.